The fourth-order valence-electron chi connectivity index (χ4n) is 1.72. The van der Waals surface area contributed by atoms with E-state index in [9.17, 15) is 4.79 Å². The third-order valence-corrected chi connectivity index (χ3v) is 3.00. The van der Waals surface area contributed by atoms with Gasteiger partial charge in [0.25, 0.3) is 0 Å². The van der Waals surface area contributed by atoms with Gasteiger partial charge < -0.3 is 20.1 Å². The highest BCUT2D eigenvalue weighted by Gasteiger charge is 2.09. The molecular weight excluding hydrogens is 256 g/mol. The van der Waals surface area contributed by atoms with E-state index in [4.69, 9.17) is 15.2 Å². The molecule has 20 heavy (non-hydrogen) atoms. The lowest BCUT2D eigenvalue weighted by Crippen LogP contribution is -2.21. The number of carbonyl (C=O) groups excluding carboxylic acids is 1. The molecule has 0 aliphatic rings. The number of hydrogen-bond donors (Lipinski definition) is 1. The van der Waals surface area contributed by atoms with E-state index in [1.165, 1.54) is 0 Å². The molecule has 2 N–H and O–H groups in total. The summed E-state index contributed by atoms with van der Waals surface area (Å²) in [5, 5.41) is 0. The van der Waals surface area contributed by atoms with Crippen molar-refractivity contribution < 1.29 is 14.3 Å². The zero-order valence-corrected chi connectivity index (χ0v) is 12.7. The molecule has 1 amide bonds. The molecule has 112 valence electrons. The van der Waals surface area contributed by atoms with E-state index in [1.807, 2.05) is 25.1 Å². The Bertz CT molecular complexity index is 445. The smallest absolute Gasteiger partial charge is 0.222 e. The fourth-order valence-corrected chi connectivity index (χ4v) is 1.72. The van der Waals surface area contributed by atoms with Crippen molar-refractivity contribution in [2.24, 2.45) is 5.73 Å². The molecule has 0 spiro atoms. The number of amides is 1. The fraction of sp³-hybridized carbons (Fsp3) is 0.533. The second kappa shape index (κ2) is 7.75. The molecule has 0 aliphatic heterocycles. The Morgan fingerprint density at radius 1 is 1.35 bits per heavy atom. The molecule has 0 fully saturated rings. The quantitative estimate of drug-likeness (QED) is 0.775. The highest BCUT2D eigenvalue weighted by Crippen LogP contribution is 2.29. The number of nitrogens with zero attached hydrogens (tertiary/aromatic N) is 1. The first kappa shape index (κ1) is 16.3. The molecule has 5 heteroatoms. The largest absolute Gasteiger partial charge is 0.493 e. The highest BCUT2D eigenvalue weighted by molar-refractivity contribution is 5.75. The number of ether oxygens (including phenoxy) is 2. The zero-order chi connectivity index (χ0) is 15.1. The highest BCUT2D eigenvalue weighted by atomic mass is 16.5. The van der Waals surface area contributed by atoms with Gasteiger partial charge in [-0.25, -0.2) is 0 Å². The van der Waals surface area contributed by atoms with Crippen molar-refractivity contribution in [3.8, 4) is 11.5 Å². The maximum atomic E-state index is 11.4. The van der Waals surface area contributed by atoms with Crippen molar-refractivity contribution in [1.29, 1.82) is 0 Å². The van der Waals surface area contributed by atoms with Crippen molar-refractivity contribution in [3.63, 3.8) is 0 Å². The van der Waals surface area contributed by atoms with Crippen molar-refractivity contribution in [2.45, 2.75) is 25.8 Å². The lowest BCUT2D eigenvalue weighted by Gasteiger charge is -2.14. The molecule has 0 saturated heterocycles. The van der Waals surface area contributed by atoms with E-state index >= 15 is 0 Å². The normalized spacial score (nSPS) is 11.8. The van der Waals surface area contributed by atoms with Crippen LogP contribution in [0.3, 0.4) is 0 Å². The summed E-state index contributed by atoms with van der Waals surface area (Å²) in [6.07, 6.45) is 1.16. The van der Waals surface area contributed by atoms with E-state index in [1.54, 1.807) is 26.1 Å². The SMILES string of the molecule is COc1cc([C@@H](C)N)ccc1OCCCC(=O)N(C)C. The number of carbonyl (C=O) groups is 1. The van der Waals surface area contributed by atoms with Crippen LogP contribution in [-0.4, -0.2) is 38.6 Å². The maximum absolute atomic E-state index is 11.4. The lowest BCUT2D eigenvalue weighted by atomic mass is 10.1. The van der Waals surface area contributed by atoms with Gasteiger partial charge in [-0.05, 0) is 31.0 Å². The molecule has 1 atom stereocenters. The minimum atomic E-state index is -0.0457. The first-order valence-electron chi connectivity index (χ1n) is 6.72. The first-order chi connectivity index (χ1) is 9.45. The molecule has 0 unspecified atom stereocenters. The van der Waals surface area contributed by atoms with Gasteiger partial charge in [0.05, 0.1) is 13.7 Å². The second-order valence-corrected chi connectivity index (χ2v) is 4.94. The van der Waals surface area contributed by atoms with E-state index < -0.39 is 0 Å². The van der Waals surface area contributed by atoms with Crippen molar-refractivity contribution in [3.05, 3.63) is 23.8 Å². The van der Waals surface area contributed by atoms with Crippen LogP contribution in [0.5, 0.6) is 11.5 Å². The number of benzene rings is 1. The van der Waals surface area contributed by atoms with Crippen LogP contribution in [0.2, 0.25) is 0 Å². The van der Waals surface area contributed by atoms with E-state index in [-0.39, 0.29) is 11.9 Å². The Kier molecular flexibility index (Phi) is 6.31. The van der Waals surface area contributed by atoms with Gasteiger partial charge in [-0.3, -0.25) is 4.79 Å². The standard InChI is InChI=1S/C15H24N2O3/c1-11(16)12-7-8-13(14(10-12)19-4)20-9-5-6-15(18)17(2)3/h7-8,10-11H,5-6,9,16H2,1-4H3/t11-/m1/s1. The molecule has 0 bridgehead atoms. The number of methoxy groups -OCH3 is 1. The second-order valence-electron chi connectivity index (χ2n) is 4.94. The summed E-state index contributed by atoms with van der Waals surface area (Å²) in [5.74, 6) is 1.45. The van der Waals surface area contributed by atoms with Gasteiger partial charge >= 0.3 is 0 Å². The summed E-state index contributed by atoms with van der Waals surface area (Å²) in [5.41, 5.74) is 6.83. The molecule has 1 aromatic carbocycles. The Hall–Kier alpha value is -1.75. The average molecular weight is 280 g/mol. The average Bonchev–Trinajstić information content (AvgIpc) is 2.42. The predicted octanol–water partition coefficient (Wildman–Crippen LogP) is 1.96. The number of hydrogen-bond acceptors (Lipinski definition) is 4. The Morgan fingerprint density at radius 2 is 2.05 bits per heavy atom. The van der Waals surface area contributed by atoms with Gasteiger partial charge in [-0.2, -0.15) is 0 Å². The summed E-state index contributed by atoms with van der Waals surface area (Å²) in [7, 11) is 5.10. The molecule has 1 aromatic rings. The maximum Gasteiger partial charge on any atom is 0.222 e. The summed E-state index contributed by atoms with van der Waals surface area (Å²) >= 11 is 0. The first-order valence-corrected chi connectivity index (χ1v) is 6.72. The molecular formula is C15H24N2O3. The van der Waals surface area contributed by atoms with Gasteiger partial charge in [0.1, 0.15) is 0 Å². The number of rotatable bonds is 7. The molecule has 0 aliphatic carbocycles. The summed E-state index contributed by atoms with van der Waals surface area (Å²) < 4.78 is 11.0. The van der Waals surface area contributed by atoms with Gasteiger partial charge in [0.2, 0.25) is 5.91 Å². The summed E-state index contributed by atoms with van der Waals surface area (Å²) in [6.45, 7) is 2.40. The van der Waals surface area contributed by atoms with Crippen LogP contribution < -0.4 is 15.2 Å². The van der Waals surface area contributed by atoms with Gasteiger partial charge in [-0.15, -0.1) is 0 Å². The predicted molar refractivity (Wildman–Crippen MR) is 79.0 cm³/mol. The van der Waals surface area contributed by atoms with Crippen molar-refractivity contribution >= 4 is 5.91 Å². The van der Waals surface area contributed by atoms with Crippen LogP contribution >= 0.6 is 0 Å². The van der Waals surface area contributed by atoms with Gasteiger partial charge in [-0.1, -0.05) is 6.07 Å². The van der Waals surface area contributed by atoms with Crippen molar-refractivity contribution in [1.82, 2.24) is 4.90 Å². The van der Waals surface area contributed by atoms with Crippen LogP contribution in [0.15, 0.2) is 18.2 Å². The van der Waals surface area contributed by atoms with Crippen LogP contribution in [0.1, 0.15) is 31.4 Å². The third-order valence-electron chi connectivity index (χ3n) is 3.00. The number of nitrogens with two attached hydrogens (primary N) is 1. The molecule has 0 saturated carbocycles. The Morgan fingerprint density at radius 3 is 2.60 bits per heavy atom. The summed E-state index contributed by atoms with van der Waals surface area (Å²) in [6, 6.07) is 5.61. The van der Waals surface area contributed by atoms with E-state index in [2.05, 4.69) is 0 Å². The Labute approximate surface area is 120 Å². The van der Waals surface area contributed by atoms with E-state index in [0.717, 1.165) is 5.56 Å². The lowest BCUT2D eigenvalue weighted by molar-refractivity contribution is -0.128. The molecule has 0 heterocycles. The van der Waals surface area contributed by atoms with Gasteiger partial charge in [0, 0.05) is 26.6 Å². The van der Waals surface area contributed by atoms with Gasteiger partial charge in [0.15, 0.2) is 11.5 Å². The zero-order valence-electron chi connectivity index (χ0n) is 12.7. The van der Waals surface area contributed by atoms with Crippen molar-refractivity contribution in [2.75, 3.05) is 27.8 Å². The molecule has 0 radical (unpaired) electrons. The minimum absolute atomic E-state index is 0.0457. The minimum Gasteiger partial charge on any atom is -0.493 e. The monoisotopic (exact) mass is 280 g/mol. The molecule has 0 aromatic heterocycles. The van der Waals surface area contributed by atoms with Crippen LogP contribution in [0, 0.1) is 0 Å². The Balaban J connectivity index is 2.53. The summed E-state index contributed by atoms with van der Waals surface area (Å²) in [4.78, 5) is 13.0. The molecule has 5 nitrogen and oxygen atoms in total. The molecule has 1 rings (SSSR count). The van der Waals surface area contributed by atoms with E-state index in [0.29, 0.717) is 30.9 Å². The van der Waals surface area contributed by atoms with Crippen LogP contribution in [-0.2, 0) is 4.79 Å². The van der Waals surface area contributed by atoms with Crippen LogP contribution in [0.25, 0.3) is 0 Å². The topological polar surface area (TPSA) is 64.8 Å². The third kappa shape index (κ3) is 4.74. The van der Waals surface area contributed by atoms with Crippen LogP contribution in [0.4, 0.5) is 0 Å².